The van der Waals surface area contributed by atoms with Crippen LogP contribution in [0.3, 0.4) is 0 Å². The molecule has 1 atom stereocenters. The normalized spacial score (nSPS) is 13.9. The van der Waals surface area contributed by atoms with E-state index in [1.165, 1.54) is 21.8 Å². The molecule has 242 valence electrons. The van der Waals surface area contributed by atoms with E-state index in [9.17, 15) is 14.0 Å². The fourth-order valence-corrected chi connectivity index (χ4v) is 5.71. The lowest BCUT2D eigenvalue weighted by Crippen LogP contribution is -2.48. The van der Waals surface area contributed by atoms with Crippen LogP contribution in [0.2, 0.25) is 0 Å². The Hall–Kier alpha value is -5.00. The average molecular weight is 631 g/mol. The van der Waals surface area contributed by atoms with Gasteiger partial charge in [0, 0.05) is 18.2 Å². The number of methoxy groups -OCH3 is 3. The molecule has 1 aliphatic rings. The number of carbonyl (C=O) groups is 2. The molecule has 1 aromatic heterocycles. The van der Waals surface area contributed by atoms with Crippen molar-refractivity contribution < 1.29 is 28.2 Å². The minimum Gasteiger partial charge on any atom is -0.497 e. The number of halogens is 1. The largest absolute Gasteiger partial charge is 0.497 e. The van der Waals surface area contributed by atoms with E-state index in [1.807, 2.05) is 12.1 Å². The van der Waals surface area contributed by atoms with Crippen LogP contribution in [0.25, 0.3) is 11.4 Å². The number of hydrogen-bond acceptors (Lipinski definition) is 8. The van der Waals surface area contributed by atoms with Crippen molar-refractivity contribution in [3.05, 3.63) is 83.7 Å². The van der Waals surface area contributed by atoms with Crippen molar-refractivity contribution in [2.75, 3.05) is 27.9 Å². The first-order chi connectivity index (χ1) is 22.4. The summed E-state index contributed by atoms with van der Waals surface area (Å²) in [6.07, 6.45) is 5.34. The van der Waals surface area contributed by atoms with Crippen LogP contribution in [-0.4, -0.2) is 70.8 Å². The van der Waals surface area contributed by atoms with Crippen LogP contribution < -0.4 is 19.5 Å². The van der Waals surface area contributed by atoms with E-state index in [1.54, 1.807) is 63.8 Å². The number of nitrogens with one attached hydrogen (secondary N) is 1. The van der Waals surface area contributed by atoms with Gasteiger partial charge in [-0.15, -0.1) is 10.2 Å². The summed E-state index contributed by atoms with van der Waals surface area (Å²) >= 11 is 0. The van der Waals surface area contributed by atoms with Crippen LogP contribution in [0.1, 0.15) is 49.3 Å². The number of benzene rings is 3. The zero-order valence-electron chi connectivity index (χ0n) is 26.3. The highest BCUT2D eigenvalue weighted by atomic mass is 19.1. The predicted octanol–water partition coefficient (Wildman–Crippen LogP) is 4.77. The Labute approximate surface area is 267 Å². The van der Waals surface area contributed by atoms with Crippen LogP contribution in [-0.2, 0) is 22.6 Å². The van der Waals surface area contributed by atoms with Gasteiger partial charge in [-0.2, -0.15) is 4.80 Å². The number of ether oxygens (including phenoxy) is 3. The van der Waals surface area contributed by atoms with E-state index in [-0.39, 0.29) is 25.0 Å². The molecule has 0 aliphatic heterocycles. The van der Waals surface area contributed by atoms with Crippen molar-refractivity contribution in [2.45, 2.75) is 57.2 Å². The molecule has 0 bridgehead atoms. The molecule has 2 amide bonds. The standard InChI is InChI=1S/C34H39FN6O5/c1-44-28-16-12-25(13-17-28)33-37-39-41(38-33)22-31(42)40(20-19-23-9-18-29(45-2)30(21-23)46-3)32(24-10-14-26(35)15-11-24)34(43)36-27-7-5-4-6-8-27/h9-18,21,27,32H,4-8,19-20,22H2,1-3H3,(H,36,43)/t32-/m0/s1. The molecule has 1 fully saturated rings. The number of carbonyl (C=O) groups excluding carboxylic acids is 2. The Bertz CT molecular complexity index is 1610. The van der Waals surface area contributed by atoms with Crippen LogP contribution in [0, 0.1) is 5.82 Å². The summed E-state index contributed by atoms with van der Waals surface area (Å²) in [5, 5.41) is 15.8. The second kappa shape index (κ2) is 15.3. The molecule has 1 aliphatic carbocycles. The van der Waals surface area contributed by atoms with Gasteiger partial charge in [0.05, 0.1) is 21.3 Å². The first kappa shape index (κ1) is 32.4. The molecule has 4 aromatic rings. The quantitative estimate of drug-likeness (QED) is 0.224. The maximum atomic E-state index is 14.1. The number of hydrogen-bond donors (Lipinski definition) is 1. The van der Waals surface area contributed by atoms with Crippen LogP contribution in [0.4, 0.5) is 4.39 Å². The zero-order chi connectivity index (χ0) is 32.5. The van der Waals surface area contributed by atoms with Gasteiger partial charge in [-0.1, -0.05) is 37.5 Å². The lowest BCUT2D eigenvalue weighted by atomic mass is 9.94. The number of aromatic nitrogens is 4. The van der Waals surface area contributed by atoms with Crippen molar-refractivity contribution in [1.82, 2.24) is 30.4 Å². The summed E-state index contributed by atoms with van der Waals surface area (Å²) in [5.41, 5.74) is 2.09. The van der Waals surface area contributed by atoms with E-state index in [0.717, 1.165) is 37.7 Å². The molecule has 1 saturated carbocycles. The predicted molar refractivity (Wildman–Crippen MR) is 169 cm³/mol. The summed E-state index contributed by atoms with van der Waals surface area (Å²) in [7, 11) is 4.71. The first-order valence-corrected chi connectivity index (χ1v) is 15.4. The number of nitrogens with zero attached hydrogens (tertiary/aromatic N) is 5. The summed E-state index contributed by atoms with van der Waals surface area (Å²) in [6.45, 7) is -0.0853. The highest BCUT2D eigenvalue weighted by Gasteiger charge is 2.33. The second-order valence-corrected chi connectivity index (χ2v) is 11.2. The third-order valence-electron chi connectivity index (χ3n) is 8.18. The molecular formula is C34H39FN6O5. The van der Waals surface area contributed by atoms with Gasteiger partial charge in [-0.3, -0.25) is 9.59 Å². The summed E-state index contributed by atoms with van der Waals surface area (Å²) in [6, 6.07) is 17.4. The maximum Gasteiger partial charge on any atom is 0.247 e. The monoisotopic (exact) mass is 630 g/mol. The Morgan fingerprint density at radius 3 is 2.33 bits per heavy atom. The maximum absolute atomic E-state index is 14.1. The molecule has 1 N–H and O–H groups in total. The topological polar surface area (TPSA) is 121 Å². The second-order valence-electron chi connectivity index (χ2n) is 11.2. The molecular weight excluding hydrogens is 591 g/mol. The van der Waals surface area contributed by atoms with Crippen LogP contribution in [0.5, 0.6) is 17.2 Å². The van der Waals surface area contributed by atoms with Gasteiger partial charge in [0.15, 0.2) is 11.5 Å². The Balaban J connectivity index is 1.45. The third-order valence-corrected chi connectivity index (χ3v) is 8.18. The van der Waals surface area contributed by atoms with Crippen molar-refractivity contribution in [1.29, 1.82) is 0 Å². The van der Waals surface area contributed by atoms with Gasteiger partial charge in [0.1, 0.15) is 24.2 Å². The highest BCUT2D eigenvalue weighted by Crippen LogP contribution is 2.29. The average Bonchev–Trinajstić information content (AvgIpc) is 3.55. The van der Waals surface area contributed by atoms with Crippen LogP contribution >= 0.6 is 0 Å². The smallest absolute Gasteiger partial charge is 0.247 e. The van der Waals surface area contributed by atoms with E-state index in [4.69, 9.17) is 14.2 Å². The van der Waals surface area contributed by atoms with E-state index in [2.05, 4.69) is 20.7 Å². The van der Waals surface area contributed by atoms with Crippen molar-refractivity contribution in [3.63, 3.8) is 0 Å². The number of rotatable bonds is 13. The minimum absolute atomic E-state index is 0.0102. The zero-order valence-corrected chi connectivity index (χ0v) is 26.3. The third kappa shape index (κ3) is 7.98. The molecule has 46 heavy (non-hydrogen) atoms. The molecule has 12 heteroatoms. The summed E-state index contributed by atoms with van der Waals surface area (Å²) < 4.78 is 30.1. The van der Waals surface area contributed by atoms with Crippen LogP contribution in [0.15, 0.2) is 66.7 Å². The lowest BCUT2D eigenvalue weighted by Gasteiger charge is -2.33. The Morgan fingerprint density at radius 2 is 1.65 bits per heavy atom. The minimum atomic E-state index is -1.01. The lowest BCUT2D eigenvalue weighted by molar-refractivity contribution is -0.142. The van der Waals surface area contributed by atoms with Gasteiger partial charge < -0.3 is 24.4 Å². The summed E-state index contributed by atoms with van der Waals surface area (Å²) in [5.74, 6) is 1.03. The molecule has 1 heterocycles. The fraction of sp³-hybridized carbons (Fsp3) is 0.382. The SMILES string of the molecule is COc1ccc(-c2nnn(CC(=O)N(CCc3ccc(OC)c(OC)c3)[C@H](C(=O)NC3CCCCC3)c3ccc(F)cc3)n2)cc1. The van der Waals surface area contributed by atoms with E-state index < -0.39 is 17.8 Å². The van der Waals surface area contributed by atoms with E-state index >= 15 is 0 Å². The van der Waals surface area contributed by atoms with Gasteiger partial charge in [-0.05, 0) is 84.1 Å². The van der Waals surface area contributed by atoms with Gasteiger partial charge in [0.2, 0.25) is 17.6 Å². The van der Waals surface area contributed by atoms with Crippen molar-refractivity contribution in [2.24, 2.45) is 0 Å². The Morgan fingerprint density at radius 1 is 0.935 bits per heavy atom. The fourth-order valence-electron chi connectivity index (χ4n) is 5.71. The first-order valence-electron chi connectivity index (χ1n) is 15.4. The van der Waals surface area contributed by atoms with Gasteiger partial charge in [-0.25, -0.2) is 4.39 Å². The molecule has 0 saturated heterocycles. The molecule has 11 nitrogen and oxygen atoms in total. The number of amides is 2. The van der Waals surface area contributed by atoms with E-state index in [0.29, 0.717) is 40.6 Å². The van der Waals surface area contributed by atoms with Crippen molar-refractivity contribution >= 4 is 11.8 Å². The van der Waals surface area contributed by atoms with Crippen molar-refractivity contribution in [3.8, 4) is 28.6 Å². The Kier molecular flexibility index (Phi) is 10.8. The highest BCUT2D eigenvalue weighted by molar-refractivity contribution is 5.89. The molecule has 3 aromatic carbocycles. The number of tetrazole rings is 1. The van der Waals surface area contributed by atoms with Gasteiger partial charge >= 0.3 is 0 Å². The summed E-state index contributed by atoms with van der Waals surface area (Å²) in [4.78, 5) is 30.9. The van der Waals surface area contributed by atoms with Gasteiger partial charge in [0.25, 0.3) is 0 Å². The molecule has 0 unspecified atom stereocenters. The molecule has 0 spiro atoms. The molecule has 5 rings (SSSR count). The molecule has 0 radical (unpaired) electrons.